The summed E-state index contributed by atoms with van der Waals surface area (Å²) in [6, 6.07) is 12.7. The molecule has 7 heteroatoms. The van der Waals surface area contributed by atoms with E-state index in [1.807, 2.05) is 31.2 Å². The molecule has 1 N–H and O–H groups in total. The third-order valence-corrected chi connectivity index (χ3v) is 3.60. The van der Waals surface area contributed by atoms with Gasteiger partial charge in [-0.2, -0.15) is 5.10 Å². The average molecular weight is 343 g/mol. The van der Waals surface area contributed by atoms with Crippen molar-refractivity contribution in [2.24, 2.45) is 0 Å². The number of hydrogen-bond acceptors (Lipinski definition) is 4. The Morgan fingerprint density at radius 3 is 2.75 bits per heavy atom. The van der Waals surface area contributed by atoms with Crippen LogP contribution in [-0.2, 0) is 4.79 Å². The molecule has 3 rings (SSSR count). The van der Waals surface area contributed by atoms with Gasteiger partial charge < -0.3 is 10.1 Å². The van der Waals surface area contributed by atoms with Crippen LogP contribution in [0, 0.1) is 6.92 Å². The molecule has 0 saturated heterocycles. The van der Waals surface area contributed by atoms with Crippen LogP contribution in [-0.4, -0.2) is 27.3 Å². The summed E-state index contributed by atoms with van der Waals surface area (Å²) < 4.78 is 6.97. The molecule has 0 saturated carbocycles. The average Bonchev–Trinajstić information content (AvgIpc) is 3.08. The fraction of sp³-hybridized carbons (Fsp3) is 0.118. The van der Waals surface area contributed by atoms with E-state index in [1.165, 1.54) is 17.3 Å². The fourth-order valence-electron chi connectivity index (χ4n) is 2.14. The number of nitrogens with one attached hydrogen (secondary N) is 1. The molecule has 0 spiro atoms. The number of ether oxygens (including phenoxy) is 1. The first-order valence-electron chi connectivity index (χ1n) is 7.26. The molecule has 1 amide bonds. The van der Waals surface area contributed by atoms with E-state index in [0.717, 1.165) is 5.56 Å². The first-order valence-corrected chi connectivity index (χ1v) is 7.64. The van der Waals surface area contributed by atoms with Crippen molar-refractivity contribution >= 4 is 23.2 Å². The van der Waals surface area contributed by atoms with Gasteiger partial charge in [0.2, 0.25) is 0 Å². The highest BCUT2D eigenvalue weighted by Gasteiger charge is 2.13. The van der Waals surface area contributed by atoms with Crippen LogP contribution in [0.1, 0.15) is 5.56 Å². The van der Waals surface area contributed by atoms with E-state index in [2.05, 4.69) is 15.4 Å². The molecule has 0 aliphatic carbocycles. The lowest BCUT2D eigenvalue weighted by molar-refractivity contribution is -0.118. The van der Waals surface area contributed by atoms with E-state index < -0.39 is 0 Å². The topological polar surface area (TPSA) is 69.0 Å². The van der Waals surface area contributed by atoms with Gasteiger partial charge in [0.05, 0.1) is 10.7 Å². The van der Waals surface area contributed by atoms with Gasteiger partial charge in [0.25, 0.3) is 5.91 Å². The van der Waals surface area contributed by atoms with Crippen molar-refractivity contribution in [3.05, 3.63) is 65.7 Å². The van der Waals surface area contributed by atoms with Crippen molar-refractivity contribution in [3.63, 3.8) is 0 Å². The molecule has 0 fully saturated rings. The molecule has 6 nitrogen and oxygen atoms in total. The van der Waals surface area contributed by atoms with Crippen molar-refractivity contribution in [1.82, 2.24) is 14.8 Å². The number of nitrogens with zero attached hydrogens (tertiary/aromatic N) is 3. The Labute approximate surface area is 144 Å². The number of anilines is 1. The summed E-state index contributed by atoms with van der Waals surface area (Å²) in [5.41, 5.74) is 2.22. The molecular formula is C17H15ClN4O2. The number of carbonyl (C=O) groups excluding carboxylic acids is 1. The maximum absolute atomic E-state index is 12.2. The minimum Gasteiger partial charge on any atom is -0.484 e. The summed E-state index contributed by atoms with van der Waals surface area (Å²) in [7, 11) is 0. The van der Waals surface area contributed by atoms with E-state index in [-0.39, 0.29) is 12.5 Å². The number of benzene rings is 2. The van der Waals surface area contributed by atoms with Gasteiger partial charge in [0.1, 0.15) is 24.1 Å². The quantitative estimate of drug-likeness (QED) is 0.772. The highest BCUT2D eigenvalue weighted by atomic mass is 35.5. The van der Waals surface area contributed by atoms with Gasteiger partial charge in [-0.05, 0) is 31.2 Å². The molecule has 0 atom stereocenters. The van der Waals surface area contributed by atoms with Crippen molar-refractivity contribution < 1.29 is 9.53 Å². The zero-order chi connectivity index (χ0) is 16.9. The van der Waals surface area contributed by atoms with Gasteiger partial charge in [-0.1, -0.05) is 35.4 Å². The number of aryl methyl sites for hydroxylation is 1. The Kier molecular flexibility index (Phi) is 4.77. The Morgan fingerprint density at radius 2 is 2.04 bits per heavy atom. The third-order valence-electron chi connectivity index (χ3n) is 3.30. The van der Waals surface area contributed by atoms with E-state index in [4.69, 9.17) is 16.3 Å². The minimum absolute atomic E-state index is 0.105. The first-order chi connectivity index (χ1) is 11.6. The molecule has 1 aromatic heterocycles. The molecule has 122 valence electrons. The summed E-state index contributed by atoms with van der Waals surface area (Å²) in [5.74, 6) is 0.345. The lowest BCUT2D eigenvalue weighted by Gasteiger charge is -2.12. The molecule has 24 heavy (non-hydrogen) atoms. The molecule has 0 radical (unpaired) electrons. The van der Waals surface area contributed by atoms with Gasteiger partial charge >= 0.3 is 0 Å². The Morgan fingerprint density at radius 1 is 1.25 bits per heavy atom. The lowest BCUT2D eigenvalue weighted by atomic mass is 10.2. The summed E-state index contributed by atoms with van der Waals surface area (Å²) >= 11 is 6.22. The highest BCUT2D eigenvalue weighted by Crippen LogP contribution is 2.27. The zero-order valence-electron chi connectivity index (χ0n) is 12.9. The van der Waals surface area contributed by atoms with Gasteiger partial charge in [-0.15, -0.1) is 0 Å². The number of hydrogen-bond donors (Lipinski definition) is 1. The SMILES string of the molecule is Cc1ccc(OCC(=O)Nc2cccc(Cl)c2-n2cncn2)cc1. The van der Waals surface area contributed by atoms with E-state index in [1.54, 1.807) is 18.2 Å². The van der Waals surface area contributed by atoms with Crippen molar-refractivity contribution in [2.75, 3.05) is 11.9 Å². The predicted octanol–water partition coefficient (Wildman–Crippen LogP) is 3.25. The largest absolute Gasteiger partial charge is 0.484 e. The predicted molar refractivity (Wildman–Crippen MR) is 91.7 cm³/mol. The third kappa shape index (κ3) is 3.72. The minimum atomic E-state index is -0.292. The summed E-state index contributed by atoms with van der Waals surface area (Å²) in [5, 5.41) is 7.30. The molecule has 0 aliphatic heterocycles. The second kappa shape index (κ2) is 7.14. The lowest BCUT2D eigenvalue weighted by Crippen LogP contribution is -2.21. The standard InChI is InChI=1S/C17H15ClN4O2/c1-12-5-7-13(8-6-12)24-9-16(23)21-15-4-2-3-14(18)17(15)22-11-19-10-20-22/h2-8,10-11H,9H2,1H3,(H,21,23). The smallest absolute Gasteiger partial charge is 0.262 e. The van der Waals surface area contributed by atoms with E-state index in [0.29, 0.717) is 22.1 Å². The number of carbonyl (C=O) groups is 1. The molecule has 2 aromatic carbocycles. The van der Waals surface area contributed by atoms with Crippen molar-refractivity contribution in [2.45, 2.75) is 6.92 Å². The Hall–Kier alpha value is -2.86. The van der Waals surface area contributed by atoms with Gasteiger partial charge in [0, 0.05) is 0 Å². The Bertz CT molecular complexity index is 832. The van der Waals surface area contributed by atoms with Crippen molar-refractivity contribution in [3.8, 4) is 11.4 Å². The van der Waals surface area contributed by atoms with Crippen LogP contribution < -0.4 is 10.1 Å². The van der Waals surface area contributed by atoms with Crippen LogP contribution >= 0.6 is 11.6 Å². The van der Waals surface area contributed by atoms with Crippen LogP contribution in [0.15, 0.2) is 55.1 Å². The monoisotopic (exact) mass is 342 g/mol. The molecule has 0 unspecified atom stereocenters. The van der Waals surface area contributed by atoms with Crippen LogP contribution in [0.2, 0.25) is 5.02 Å². The van der Waals surface area contributed by atoms with Crippen LogP contribution in [0.25, 0.3) is 5.69 Å². The zero-order valence-corrected chi connectivity index (χ0v) is 13.7. The van der Waals surface area contributed by atoms with Gasteiger partial charge in [0.15, 0.2) is 6.61 Å². The van der Waals surface area contributed by atoms with Crippen LogP contribution in [0.4, 0.5) is 5.69 Å². The number of halogens is 1. The summed E-state index contributed by atoms with van der Waals surface area (Å²) in [6.45, 7) is 1.88. The maximum Gasteiger partial charge on any atom is 0.262 e. The van der Waals surface area contributed by atoms with E-state index in [9.17, 15) is 4.79 Å². The first kappa shape index (κ1) is 16.0. The molecule has 3 aromatic rings. The highest BCUT2D eigenvalue weighted by molar-refractivity contribution is 6.33. The number of rotatable bonds is 5. The fourth-order valence-corrected chi connectivity index (χ4v) is 2.40. The van der Waals surface area contributed by atoms with E-state index >= 15 is 0 Å². The normalized spacial score (nSPS) is 10.4. The number of aromatic nitrogens is 3. The van der Waals surface area contributed by atoms with Crippen LogP contribution in [0.5, 0.6) is 5.75 Å². The second-order valence-corrected chi connectivity index (χ2v) is 5.53. The molecule has 0 bridgehead atoms. The number of amides is 1. The van der Waals surface area contributed by atoms with Gasteiger partial charge in [-0.3, -0.25) is 4.79 Å². The second-order valence-electron chi connectivity index (χ2n) is 5.13. The molecule has 1 heterocycles. The number of para-hydroxylation sites is 1. The summed E-state index contributed by atoms with van der Waals surface area (Å²) in [4.78, 5) is 16.1. The van der Waals surface area contributed by atoms with Crippen LogP contribution in [0.3, 0.4) is 0 Å². The molecular weight excluding hydrogens is 328 g/mol. The maximum atomic E-state index is 12.2. The Balaban J connectivity index is 1.71. The molecule has 0 aliphatic rings. The summed E-state index contributed by atoms with van der Waals surface area (Å²) in [6.07, 6.45) is 2.91. The van der Waals surface area contributed by atoms with Gasteiger partial charge in [-0.25, -0.2) is 9.67 Å². The van der Waals surface area contributed by atoms with Crippen molar-refractivity contribution in [1.29, 1.82) is 0 Å².